The number of phenolic OH excluding ortho intramolecular Hbond substituents is 1. The first-order valence-electron chi connectivity index (χ1n) is 10.3. The molecular weight excluding hydrogens is 459 g/mol. The van der Waals surface area contributed by atoms with Gasteiger partial charge < -0.3 is 36.5 Å². The van der Waals surface area contributed by atoms with Gasteiger partial charge in [0.05, 0.1) is 11.3 Å². The van der Waals surface area contributed by atoms with Gasteiger partial charge in [0.25, 0.3) is 5.91 Å². The molecule has 9 nitrogen and oxygen atoms in total. The minimum Gasteiger partial charge on any atom is -0.511 e. The normalized spacial score (nSPS) is 26.8. The van der Waals surface area contributed by atoms with E-state index in [2.05, 4.69) is 0 Å². The van der Waals surface area contributed by atoms with E-state index in [-0.39, 0.29) is 30.5 Å². The molecule has 12 heteroatoms. The van der Waals surface area contributed by atoms with Gasteiger partial charge in [-0.15, -0.1) is 0 Å². The van der Waals surface area contributed by atoms with Gasteiger partial charge in [-0.25, -0.2) is 0 Å². The van der Waals surface area contributed by atoms with Gasteiger partial charge in [-0.1, -0.05) is 0 Å². The molecule has 182 valence electrons. The van der Waals surface area contributed by atoms with Crippen LogP contribution in [0.1, 0.15) is 29.5 Å². The minimum absolute atomic E-state index is 0.0335. The van der Waals surface area contributed by atoms with Gasteiger partial charge in [-0.2, -0.15) is 13.2 Å². The monoisotopic (exact) mass is 481 g/mol. The van der Waals surface area contributed by atoms with Crippen molar-refractivity contribution in [2.24, 2.45) is 17.6 Å². The number of fused-ring (bicyclic) bond motifs is 3. The molecule has 0 aromatic heterocycles. The fourth-order valence-corrected chi connectivity index (χ4v) is 5.33. The van der Waals surface area contributed by atoms with Gasteiger partial charge in [0.1, 0.15) is 28.4 Å². The predicted molar refractivity (Wildman–Crippen MR) is 113 cm³/mol. The quantitative estimate of drug-likeness (QED) is 0.375. The van der Waals surface area contributed by atoms with Gasteiger partial charge in [-0.3, -0.25) is 9.59 Å². The number of allylic oxidation sites excluding steroid dienone is 1. The molecule has 0 aliphatic heterocycles. The second kappa shape index (κ2) is 7.23. The largest absolute Gasteiger partial charge is 0.511 e. The standard InChI is InChI=1S/C22H22F3N3O6/c1-28(2)11-6-10(22(23,24)25)16(30)14-9(11)4-7-3-8-5-12(29)15(20(27)33)18(26)21(8,34)19(32)13(7)17(14)31/h6-8,26,29-31,34H,3-5H2,1-2H3,(H2,27,33)/t7-,8+,21-/m1/s1. The number of ketones is 1. The predicted octanol–water partition coefficient (Wildman–Crippen LogP) is 1.96. The van der Waals surface area contributed by atoms with Crippen LogP contribution in [0.2, 0.25) is 0 Å². The third kappa shape index (κ3) is 3.01. The van der Waals surface area contributed by atoms with Crippen LogP contribution in [0.3, 0.4) is 0 Å². The van der Waals surface area contributed by atoms with Crippen molar-refractivity contribution in [1.29, 1.82) is 5.41 Å². The van der Waals surface area contributed by atoms with Crippen LogP contribution < -0.4 is 10.6 Å². The Balaban J connectivity index is 1.97. The molecule has 0 spiro atoms. The number of primary amides is 1. The summed E-state index contributed by atoms with van der Waals surface area (Å²) < 4.78 is 40.8. The second-order valence-electron chi connectivity index (χ2n) is 8.99. The van der Waals surface area contributed by atoms with E-state index in [1.54, 1.807) is 0 Å². The van der Waals surface area contributed by atoms with Crippen LogP contribution in [0, 0.1) is 17.2 Å². The number of nitrogens with one attached hydrogen (secondary N) is 1. The Kier molecular flexibility index (Phi) is 5.02. The lowest BCUT2D eigenvalue weighted by Crippen LogP contribution is -2.61. The SMILES string of the molecule is CN(C)c1cc(C(F)(F)F)c(O)c2c1C[C@H]1C[C@H]3CC(O)=C(C(N)=O)C(=N)[C@@]3(O)C(=O)C1=C2O. The Morgan fingerprint density at radius 2 is 1.85 bits per heavy atom. The van der Waals surface area contributed by atoms with Crippen LogP contribution in [-0.2, 0) is 22.2 Å². The summed E-state index contributed by atoms with van der Waals surface area (Å²) in [5, 5.41) is 51.2. The highest BCUT2D eigenvalue weighted by atomic mass is 19.4. The first-order chi connectivity index (χ1) is 15.6. The van der Waals surface area contributed by atoms with Crippen LogP contribution in [0.25, 0.3) is 5.76 Å². The Labute approximate surface area is 191 Å². The van der Waals surface area contributed by atoms with E-state index in [0.29, 0.717) is 0 Å². The number of nitrogens with zero attached hydrogens (tertiary/aromatic N) is 1. The van der Waals surface area contributed by atoms with E-state index < -0.39 is 80.6 Å². The zero-order valence-corrected chi connectivity index (χ0v) is 18.1. The molecule has 0 saturated heterocycles. The van der Waals surface area contributed by atoms with Crippen molar-refractivity contribution < 1.29 is 43.2 Å². The number of hydrogen-bond donors (Lipinski definition) is 6. The number of halogens is 3. The zero-order valence-electron chi connectivity index (χ0n) is 18.1. The van der Waals surface area contributed by atoms with Crippen molar-refractivity contribution in [3.63, 3.8) is 0 Å². The number of Topliss-reactive ketones (excluding diaryl/α,β-unsaturated/α-hetero) is 1. The zero-order chi connectivity index (χ0) is 25.5. The summed E-state index contributed by atoms with van der Waals surface area (Å²) in [5.74, 6) is -6.97. The van der Waals surface area contributed by atoms with Gasteiger partial charge >= 0.3 is 6.18 Å². The summed E-state index contributed by atoms with van der Waals surface area (Å²) >= 11 is 0. The number of rotatable bonds is 2. The summed E-state index contributed by atoms with van der Waals surface area (Å²) in [6.07, 6.45) is -5.38. The molecule has 34 heavy (non-hydrogen) atoms. The highest BCUT2D eigenvalue weighted by Gasteiger charge is 2.60. The number of aliphatic hydroxyl groups is 3. The first-order valence-corrected chi connectivity index (χ1v) is 10.3. The van der Waals surface area contributed by atoms with Crippen LogP contribution in [0.4, 0.5) is 18.9 Å². The molecular formula is C22H22F3N3O6. The van der Waals surface area contributed by atoms with E-state index in [4.69, 9.17) is 11.1 Å². The maximum absolute atomic E-state index is 13.6. The van der Waals surface area contributed by atoms with E-state index in [9.17, 15) is 43.2 Å². The van der Waals surface area contributed by atoms with Crippen LogP contribution in [0.5, 0.6) is 5.75 Å². The van der Waals surface area contributed by atoms with Crippen molar-refractivity contribution in [1.82, 2.24) is 0 Å². The molecule has 1 amide bonds. The number of nitrogens with two attached hydrogens (primary N) is 1. The molecule has 3 atom stereocenters. The Bertz CT molecular complexity index is 1230. The maximum Gasteiger partial charge on any atom is 0.420 e. The molecule has 1 saturated carbocycles. The third-order valence-electron chi connectivity index (χ3n) is 6.88. The van der Waals surface area contributed by atoms with Crippen LogP contribution >= 0.6 is 0 Å². The van der Waals surface area contributed by atoms with E-state index in [0.717, 1.165) is 6.07 Å². The molecule has 1 aromatic rings. The lowest BCUT2D eigenvalue weighted by Gasteiger charge is -2.47. The molecule has 4 rings (SSSR count). The smallest absolute Gasteiger partial charge is 0.420 e. The van der Waals surface area contributed by atoms with E-state index in [1.807, 2.05) is 0 Å². The molecule has 1 aromatic carbocycles. The topological polar surface area (TPSA) is 168 Å². The van der Waals surface area contributed by atoms with Crippen molar-refractivity contribution in [2.75, 3.05) is 19.0 Å². The number of alkyl halides is 3. The van der Waals surface area contributed by atoms with Crippen LogP contribution in [0.15, 0.2) is 23.0 Å². The summed E-state index contributed by atoms with van der Waals surface area (Å²) in [6.45, 7) is 0. The fourth-order valence-electron chi connectivity index (χ4n) is 5.33. The van der Waals surface area contributed by atoms with Crippen molar-refractivity contribution in [3.8, 4) is 5.75 Å². The van der Waals surface area contributed by atoms with Gasteiger partial charge in [-0.05, 0) is 30.4 Å². The number of carbonyl (C=O) groups is 2. The van der Waals surface area contributed by atoms with Crippen LogP contribution in [-0.4, -0.2) is 57.5 Å². The fraction of sp³-hybridized carbons (Fsp3) is 0.409. The summed E-state index contributed by atoms with van der Waals surface area (Å²) in [5.41, 5.74) is -1.26. The number of carbonyl (C=O) groups excluding carboxylic acids is 2. The molecule has 3 aliphatic rings. The maximum atomic E-state index is 13.6. The number of hydrogen-bond acceptors (Lipinski definition) is 8. The molecule has 0 unspecified atom stereocenters. The number of anilines is 1. The Morgan fingerprint density at radius 3 is 2.38 bits per heavy atom. The minimum atomic E-state index is -4.96. The summed E-state index contributed by atoms with van der Waals surface area (Å²) in [6, 6.07) is 0.761. The number of aliphatic hydroxyl groups excluding tert-OH is 2. The highest BCUT2D eigenvalue weighted by Crippen LogP contribution is 2.54. The molecule has 7 N–H and O–H groups in total. The Hall–Kier alpha value is -3.54. The highest BCUT2D eigenvalue weighted by molar-refractivity contribution is 6.33. The first kappa shape index (κ1) is 23.6. The average Bonchev–Trinajstić information content (AvgIpc) is 2.69. The summed E-state index contributed by atoms with van der Waals surface area (Å²) in [4.78, 5) is 26.6. The molecule has 3 aliphatic carbocycles. The van der Waals surface area contributed by atoms with Gasteiger partial charge in [0, 0.05) is 37.7 Å². The number of phenols is 1. The molecule has 1 fully saturated rings. The molecule has 0 radical (unpaired) electrons. The summed E-state index contributed by atoms with van der Waals surface area (Å²) in [7, 11) is 2.98. The van der Waals surface area contributed by atoms with Crippen molar-refractivity contribution in [2.45, 2.75) is 31.0 Å². The number of amides is 1. The molecule has 0 heterocycles. The Morgan fingerprint density at radius 1 is 1.24 bits per heavy atom. The lowest BCUT2D eigenvalue weighted by molar-refractivity contribution is -0.138. The van der Waals surface area contributed by atoms with Gasteiger partial charge in [0.2, 0.25) is 5.78 Å². The van der Waals surface area contributed by atoms with E-state index in [1.165, 1.54) is 19.0 Å². The van der Waals surface area contributed by atoms with Gasteiger partial charge in [0.15, 0.2) is 5.60 Å². The average molecular weight is 481 g/mol. The third-order valence-corrected chi connectivity index (χ3v) is 6.88. The van der Waals surface area contributed by atoms with Crippen molar-refractivity contribution in [3.05, 3.63) is 39.7 Å². The van der Waals surface area contributed by atoms with Crippen molar-refractivity contribution >= 4 is 28.8 Å². The lowest BCUT2D eigenvalue weighted by atomic mass is 9.58. The number of aromatic hydroxyl groups is 1. The second-order valence-corrected chi connectivity index (χ2v) is 8.99. The molecule has 0 bridgehead atoms. The van der Waals surface area contributed by atoms with E-state index >= 15 is 0 Å². The number of benzene rings is 1.